The number of nitrogens with one attached hydrogen (secondary N) is 1. The van der Waals surface area contributed by atoms with Gasteiger partial charge in [0.15, 0.2) is 5.78 Å². The van der Waals surface area contributed by atoms with Crippen molar-refractivity contribution in [1.82, 2.24) is 10.2 Å². The SMILES string of the molecule is CC(C)C1=C2[C@H]3CC[C@@H]4[C@@]5(C)CC[C@H](OC(=O)[C@H]6C[C@@H](OC=O)C6(C)C)C(C)(C)[C@@H]5CC[C@@]4(C)[C@]3(C)CC[C@@]2(NC(=O)C(C)(C)CC(=O)CN(C)C)CC1=O. The molecule has 6 rings (SSSR count). The summed E-state index contributed by atoms with van der Waals surface area (Å²) in [4.78, 5) is 67.7. The van der Waals surface area contributed by atoms with Crippen LogP contribution in [-0.4, -0.2) is 73.2 Å². The predicted molar refractivity (Wildman–Crippen MR) is 213 cm³/mol. The Labute approximate surface area is 331 Å². The Hall–Kier alpha value is -2.55. The largest absolute Gasteiger partial charge is 0.464 e. The summed E-state index contributed by atoms with van der Waals surface area (Å²) >= 11 is 0. The number of allylic oxidation sites excluding steroid dienone is 1. The average molecular weight is 765 g/mol. The molecule has 0 bridgehead atoms. The lowest BCUT2D eigenvalue weighted by Gasteiger charge is -2.72. The van der Waals surface area contributed by atoms with Crippen LogP contribution in [0.25, 0.3) is 0 Å². The fourth-order valence-corrected chi connectivity index (χ4v) is 14.1. The molecule has 0 unspecified atom stereocenters. The van der Waals surface area contributed by atoms with Crippen molar-refractivity contribution in [2.75, 3.05) is 20.6 Å². The van der Waals surface area contributed by atoms with Gasteiger partial charge in [0.2, 0.25) is 5.91 Å². The van der Waals surface area contributed by atoms with Gasteiger partial charge in [0.1, 0.15) is 18.0 Å². The topological polar surface area (TPSA) is 119 Å². The first-order valence-electron chi connectivity index (χ1n) is 21.4. The quantitative estimate of drug-likeness (QED) is 0.167. The Bertz CT molecular complexity index is 1640. The van der Waals surface area contributed by atoms with Crippen LogP contribution >= 0.6 is 0 Å². The van der Waals surface area contributed by atoms with E-state index >= 15 is 0 Å². The van der Waals surface area contributed by atoms with E-state index in [9.17, 15) is 24.0 Å². The van der Waals surface area contributed by atoms with Crippen molar-refractivity contribution in [1.29, 1.82) is 0 Å². The van der Waals surface area contributed by atoms with Crippen LogP contribution in [0.15, 0.2) is 11.1 Å². The molecule has 0 aromatic carbocycles. The molecule has 1 N–H and O–H groups in total. The lowest BCUT2D eigenvalue weighted by molar-refractivity contribution is -0.236. The summed E-state index contributed by atoms with van der Waals surface area (Å²) in [5, 5.41) is 3.51. The summed E-state index contributed by atoms with van der Waals surface area (Å²) in [6.45, 7) is 25.0. The van der Waals surface area contributed by atoms with Gasteiger partial charge < -0.3 is 19.7 Å². The zero-order chi connectivity index (χ0) is 40.9. The van der Waals surface area contributed by atoms with Gasteiger partial charge in [-0.15, -0.1) is 0 Å². The summed E-state index contributed by atoms with van der Waals surface area (Å²) < 4.78 is 11.7. The van der Waals surface area contributed by atoms with E-state index in [1.54, 1.807) is 0 Å². The molecule has 0 radical (unpaired) electrons. The molecule has 308 valence electrons. The van der Waals surface area contributed by atoms with E-state index in [2.05, 4.69) is 53.8 Å². The molecule has 0 aromatic heterocycles. The fourth-order valence-electron chi connectivity index (χ4n) is 14.1. The van der Waals surface area contributed by atoms with Crippen molar-refractivity contribution < 1.29 is 33.4 Å². The normalized spacial score (nSPS) is 40.3. The first-order chi connectivity index (χ1) is 25.3. The maximum atomic E-state index is 14.2. The van der Waals surface area contributed by atoms with E-state index in [1.165, 1.54) is 5.57 Å². The Balaban J connectivity index is 1.26. The van der Waals surface area contributed by atoms with E-state index in [0.29, 0.717) is 37.7 Å². The first-order valence-corrected chi connectivity index (χ1v) is 21.4. The van der Waals surface area contributed by atoms with Crippen LogP contribution in [0.5, 0.6) is 0 Å². The van der Waals surface area contributed by atoms with Gasteiger partial charge >= 0.3 is 5.97 Å². The number of carbonyl (C=O) groups is 5. The Morgan fingerprint density at radius 1 is 0.873 bits per heavy atom. The molecule has 9 heteroatoms. The number of amides is 1. The third kappa shape index (κ3) is 6.38. The van der Waals surface area contributed by atoms with Crippen molar-refractivity contribution in [2.45, 2.75) is 165 Å². The number of nitrogens with zero attached hydrogens (tertiary/aromatic N) is 1. The highest BCUT2D eigenvalue weighted by Crippen LogP contribution is 2.76. The third-order valence-corrected chi connectivity index (χ3v) is 17.4. The lowest BCUT2D eigenvalue weighted by Crippen LogP contribution is -2.67. The summed E-state index contributed by atoms with van der Waals surface area (Å²) in [7, 11) is 3.73. The Kier molecular flexibility index (Phi) is 10.5. The standard InChI is InChI=1S/C46H72N2O7/c1-27(2)36-31(51)24-46(47-39(53)40(3,4)23-28(50)25-48(12)13)21-20-44(10)29(37(36)46)14-15-33-43(9)18-17-34(42(7,8)32(43)16-19-45(33,44)11)55-38(52)30-22-35(54-26-49)41(30,5)6/h26-27,29-30,32-35H,14-25H2,1-13H3,(H,47,53)/t29-,30-,32+,33-,34+,35-,43+,44-,45-,46-/m1/s1. The summed E-state index contributed by atoms with van der Waals surface area (Å²) in [6.07, 6.45) is 8.24. The predicted octanol–water partition coefficient (Wildman–Crippen LogP) is 7.88. The van der Waals surface area contributed by atoms with Crippen molar-refractivity contribution in [3.8, 4) is 0 Å². The minimum absolute atomic E-state index is 0.0269. The second-order valence-electron chi connectivity index (χ2n) is 22.2. The van der Waals surface area contributed by atoms with Gasteiger partial charge in [0.05, 0.1) is 23.4 Å². The van der Waals surface area contributed by atoms with Crippen LogP contribution in [0.3, 0.4) is 0 Å². The number of rotatable bonds is 11. The molecule has 0 heterocycles. The molecular weight excluding hydrogens is 693 g/mol. The summed E-state index contributed by atoms with van der Waals surface area (Å²) in [5.74, 6) is 0.749. The van der Waals surface area contributed by atoms with E-state index in [1.807, 2.05) is 46.7 Å². The molecule has 5 fully saturated rings. The molecule has 6 aliphatic carbocycles. The van der Waals surface area contributed by atoms with Crippen LogP contribution in [0.4, 0.5) is 0 Å². The highest BCUT2D eigenvalue weighted by atomic mass is 16.6. The molecule has 6 aliphatic rings. The van der Waals surface area contributed by atoms with Crippen LogP contribution < -0.4 is 5.32 Å². The van der Waals surface area contributed by atoms with Crippen molar-refractivity contribution in [3.63, 3.8) is 0 Å². The van der Waals surface area contributed by atoms with Crippen molar-refractivity contribution in [2.24, 2.45) is 62.1 Å². The van der Waals surface area contributed by atoms with Gasteiger partial charge in [0, 0.05) is 23.7 Å². The van der Waals surface area contributed by atoms with E-state index in [0.717, 1.165) is 56.9 Å². The maximum Gasteiger partial charge on any atom is 0.310 e. The number of carbonyl (C=O) groups excluding carboxylic acids is 5. The number of ketones is 2. The Morgan fingerprint density at radius 3 is 2.15 bits per heavy atom. The van der Waals surface area contributed by atoms with E-state index in [-0.39, 0.29) is 81.5 Å². The molecule has 9 nitrogen and oxygen atoms in total. The van der Waals surface area contributed by atoms with Crippen LogP contribution in [0.1, 0.15) is 147 Å². The van der Waals surface area contributed by atoms with Gasteiger partial charge in [-0.25, -0.2) is 0 Å². The van der Waals surface area contributed by atoms with Gasteiger partial charge in [-0.2, -0.15) is 0 Å². The number of hydrogen-bond acceptors (Lipinski definition) is 8. The molecule has 0 spiro atoms. The fraction of sp³-hybridized carbons (Fsp3) is 0.848. The zero-order valence-electron chi connectivity index (χ0n) is 36.4. The minimum atomic E-state index is -0.894. The number of esters is 1. The smallest absolute Gasteiger partial charge is 0.310 e. The monoisotopic (exact) mass is 765 g/mol. The van der Waals surface area contributed by atoms with E-state index < -0.39 is 16.4 Å². The number of Topliss-reactive ketones (excluding diaryl/α,β-unsaturated/α-hetero) is 2. The van der Waals surface area contributed by atoms with E-state index in [4.69, 9.17) is 9.47 Å². The second-order valence-corrected chi connectivity index (χ2v) is 22.2. The molecule has 5 saturated carbocycles. The maximum absolute atomic E-state index is 14.2. The summed E-state index contributed by atoms with van der Waals surface area (Å²) in [6, 6.07) is 0. The molecule has 55 heavy (non-hydrogen) atoms. The van der Waals surface area contributed by atoms with Gasteiger partial charge in [-0.3, -0.25) is 24.0 Å². The highest BCUT2D eigenvalue weighted by molar-refractivity contribution is 6.02. The van der Waals surface area contributed by atoms with Gasteiger partial charge in [0.25, 0.3) is 6.47 Å². The van der Waals surface area contributed by atoms with Crippen molar-refractivity contribution in [3.05, 3.63) is 11.1 Å². The van der Waals surface area contributed by atoms with Crippen LogP contribution in [0.2, 0.25) is 0 Å². The second kappa shape index (κ2) is 13.8. The number of fused-ring (bicyclic) bond motifs is 7. The molecule has 0 saturated heterocycles. The average Bonchev–Trinajstić information content (AvgIpc) is 3.35. The molecule has 1 amide bonds. The lowest BCUT2D eigenvalue weighted by atomic mass is 9.33. The first kappa shape index (κ1) is 42.1. The molecule has 10 atom stereocenters. The van der Waals surface area contributed by atoms with Gasteiger partial charge in [-0.1, -0.05) is 76.2 Å². The number of likely N-dealkylation sites (N-methyl/N-ethyl adjacent to an activating group) is 1. The van der Waals surface area contributed by atoms with Crippen LogP contribution in [0, 0.1) is 62.1 Å². The van der Waals surface area contributed by atoms with Crippen molar-refractivity contribution >= 4 is 29.9 Å². The molecule has 0 aromatic rings. The van der Waals surface area contributed by atoms with Gasteiger partial charge in [-0.05, 0) is 123 Å². The minimum Gasteiger partial charge on any atom is -0.464 e. The van der Waals surface area contributed by atoms with Crippen LogP contribution in [-0.2, 0) is 33.4 Å². The number of ether oxygens (including phenoxy) is 2. The number of hydrogen-bond donors (Lipinski definition) is 1. The zero-order valence-corrected chi connectivity index (χ0v) is 36.4. The Morgan fingerprint density at radius 2 is 1.55 bits per heavy atom. The highest BCUT2D eigenvalue weighted by Gasteiger charge is 2.70. The molecule has 0 aliphatic heterocycles. The summed E-state index contributed by atoms with van der Waals surface area (Å²) in [5.41, 5.74) is -0.0718. The molecular formula is C46H72N2O7. The third-order valence-electron chi connectivity index (χ3n) is 17.4.